The first-order valence-electron chi connectivity index (χ1n) is 7.48. The van der Waals surface area contributed by atoms with Crippen LogP contribution >= 0.6 is 0 Å². The van der Waals surface area contributed by atoms with Crippen molar-refractivity contribution in [1.82, 2.24) is 0 Å². The highest BCUT2D eigenvalue weighted by Gasteiger charge is 2.16. The van der Waals surface area contributed by atoms with E-state index >= 15 is 0 Å². The van der Waals surface area contributed by atoms with Gasteiger partial charge in [-0.05, 0) is 81.0 Å². The maximum Gasteiger partial charge on any atom is 0.0610 e. The molecule has 0 atom stereocenters. The monoisotopic (exact) mass is 279 g/mol. The first-order chi connectivity index (χ1) is 9.82. The highest BCUT2D eigenvalue weighted by Crippen LogP contribution is 2.31. The molecule has 0 N–H and O–H groups in total. The van der Waals surface area contributed by atoms with Gasteiger partial charge >= 0.3 is 0 Å². The van der Waals surface area contributed by atoms with Crippen molar-refractivity contribution in [3.63, 3.8) is 0 Å². The Morgan fingerprint density at radius 2 is 1.76 bits per heavy atom. The molecule has 2 rings (SSSR count). The Hall–Kier alpha value is -1.89. The number of hydrogen-bond acceptors (Lipinski definition) is 1. The molecular formula is C20H25N. The van der Waals surface area contributed by atoms with Crippen LogP contribution < -0.4 is 0 Å². The van der Waals surface area contributed by atoms with Gasteiger partial charge in [-0.25, -0.2) is 0 Å². The largest absolute Gasteiger partial charge is 0.285 e. The van der Waals surface area contributed by atoms with E-state index in [1.807, 2.05) is 0 Å². The third kappa shape index (κ3) is 2.92. The minimum Gasteiger partial charge on any atom is -0.285 e. The van der Waals surface area contributed by atoms with Crippen LogP contribution in [-0.4, -0.2) is 12.3 Å². The van der Waals surface area contributed by atoms with E-state index < -0.39 is 0 Å². The van der Waals surface area contributed by atoms with Crippen LogP contribution in [0.5, 0.6) is 0 Å². The number of nitrogens with zero attached hydrogens (tertiary/aromatic N) is 1. The van der Waals surface area contributed by atoms with Crippen molar-refractivity contribution >= 4 is 16.9 Å². The fourth-order valence-corrected chi connectivity index (χ4v) is 2.86. The molecule has 1 aliphatic rings. The normalized spacial score (nSPS) is 16.0. The Balaban J connectivity index is 2.59. The third-order valence-corrected chi connectivity index (χ3v) is 4.47. The zero-order valence-corrected chi connectivity index (χ0v) is 14.1. The summed E-state index contributed by atoms with van der Waals surface area (Å²) in [5, 5.41) is 0. The van der Waals surface area contributed by atoms with Crippen LogP contribution in [0.1, 0.15) is 51.3 Å². The maximum absolute atomic E-state index is 4.55. The number of rotatable bonds is 3. The van der Waals surface area contributed by atoms with Gasteiger partial charge < -0.3 is 0 Å². The Morgan fingerprint density at radius 3 is 2.29 bits per heavy atom. The van der Waals surface area contributed by atoms with Crippen LogP contribution in [0.25, 0.3) is 11.1 Å². The minimum atomic E-state index is 0.837. The van der Waals surface area contributed by atoms with Crippen LogP contribution in [0.2, 0.25) is 0 Å². The van der Waals surface area contributed by atoms with Crippen molar-refractivity contribution in [3.8, 4) is 0 Å². The molecule has 0 fully saturated rings. The molecule has 0 radical (unpaired) electrons. The van der Waals surface area contributed by atoms with Gasteiger partial charge in [0.15, 0.2) is 0 Å². The number of hydrogen-bond donors (Lipinski definition) is 0. The molecule has 1 nitrogen and oxygen atoms in total. The summed E-state index contributed by atoms with van der Waals surface area (Å²) in [6.45, 7) is 17.8. The number of aliphatic imine (C=N–C) groups is 1. The molecular weight excluding hydrogens is 254 g/mol. The van der Waals surface area contributed by atoms with Crippen LogP contribution in [0.4, 0.5) is 0 Å². The molecule has 0 saturated heterocycles. The summed E-state index contributed by atoms with van der Waals surface area (Å²) in [6.07, 6.45) is 0. The van der Waals surface area contributed by atoms with Crippen LogP contribution in [0.3, 0.4) is 0 Å². The highest BCUT2D eigenvalue weighted by molar-refractivity contribution is 6.25. The molecule has 21 heavy (non-hydrogen) atoms. The average molecular weight is 279 g/mol. The fourth-order valence-electron chi connectivity index (χ4n) is 2.86. The molecule has 1 aromatic carbocycles. The molecule has 0 bridgehead atoms. The predicted octanol–water partition coefficient (Wildman–Crippen LogP) is 5.61. The quantitative estimate of drug-likeness (QED) is 0.637. The van der Waals surface area contributed by atoms with E-state index in [9.17, 15) is 0 Å². The summed E-state index contributed by atoms with van der Waals surface area (Å²) < 4.78 is 0. The van der Waals surface area contributed by atoms with E-state index in [0.29, 0.717) is 0 Å². The molecule has 0 aliphatic carbocycles. The second-order valence-corrected chi connectivity index (χ2v) is 6.12. The Morgan fingerprint density at radius 1 is 1.10 bits per heavy atom. The van der Waals surface area contributed by atoms with Gasteiger partial charge in [-0.3, -0.25) is 4.99 Å². The fraction of sp³-hybridized carbons (Fsp3) is 0.350. The van der Waals surface area contributed by atoms with Crippen LogP contribution in [0.15, 0.2) is 46.5 Å². The van der Waals surface area contributed by atoms with E-state index in [-0.39, 0.29) is 0 Å². The van der Waals surface area contributed by atoms with Crippen molar-refractivity contribution in [2.45, 2.75) is 41.5 Å². The van der Waals surface area contributed by atoms with Crippen LogP contribution in [0, 0.1) is 6.92 Å². The number of allylic oxidation sites excluding steroid dienone is 4. The molecule has 0 spiro atoms. The molecule has 0 aromatic heterocycles. The summed E-state index contributed by atoms with van der Waals surface area (Å²) in [4.78, 5) is 4.55. The zero-order valence-electron chi connectivity index (χ0n) is 14.1. The van der Waals surface area contributed by atoms with E-state index in [2.05, 4.69) is 71.3 Å². The Kier molecular flexibility index (Phi) is 4.32. The SMILES string of the molecule is C=C(C)/C(C)=C(/C)c1cc(C2=C(C)CN=C2C)ccc1C. The topological polar surface area (TPSA) is 12.4 Å². The van der Waals surface area contributed by atoms with Gasteiger partial charge in [-0.15, -0.1) is 0 Å². The summed E-state index contributed by atoms with van der Waals surface area (Å²) in [7, 11) is 0. The second kappa shape index (κ2) is 5.85. The van der Waals surface area contributed by atoms with Gasteiger partial charge in [0.05, 0.1) is 6.54 Å². The molecule has 1 aliphatic heterocycles. The smallest absolute Gasteiger partial charge is 0.0610 e. The molecule has 1 heteroatoms. The average Bonchev–Trinajstić information content (AvgIpc) is 2.77. The van der Waals surface area contributed by atoms with Gasteiger partial charge in [0.25, 0.3) is 0 Å². The molecule has 0 unspecified atom stereocenters. The van der Waals surface area contributed by atoms with Crippen molar-refractivity contribution in [2.75, 3.05) is 6.54 Å². The van der Waals surface area contributed by atoms with Gasteiger partial charge in [0, 0.05) is 11.3 Å². The summed E-state index contributed by atoms with van der Waals surface area (Å²) in [5.74, 6) is 0. The van der Waals surface area contributed by atoms with Crippen molar-refractivity contribution in [3.05, 3.63) is 58.2 Å². The third-order valence-electron chi connectivity index (χ3n) is 4.47. The summed E-state index contributed by atoms with van der Waals surface area (Å²) in [5.41, 5.74) is 11.5. The van der Waals surface area contributed by atoms with Gasteiger partial charge in [-0.2, -0.15) is 0 Å². The molecule has 0 saturated carbocycles. The van der Waals surface area contributed by atoms with Crippen molar-refractivity contribution < 1.29 is 0 Å². The lowest BCUT2D eigenvalue weighted by Crippen LogP contribution is -1.98. The molecule has 0 amide bonds. The van der Waals surface area contributed by atoms with Gasteiger partial charge in [0.2, 0.25) is 0 Å². The highest BCUT2D eigenvalue weighted by atomic mass is 14.8. The predicted molar refractivity (Wildman–Crippen MR) is 94.8 cm³/mol. The molecule has 1 heterocycles. The Bertz CT molecular complexity index is 697. The number of aryl methyl sites for hydroxylation is 1. The first-order valence-corrected chi connectivity index (χ1v) is 7.48. The van der Waals surface area contributed by atoms with Gasteiger partial charge in [0.1, 0.15) is 0 Å². The molecule has 1 aromatic rings. The minimum absolute atomic E-state index is 0.837. The summed E-state index contributed by atoms with van der Waals surface area (Å²) in [6, 6.07) is 6.73. The maximum atomic E-state index is 4.55. The van der Waals surface area contributed by atoms with Crippen LogP contribution in [-0.2, 0) is 0 Å². The number of benzene rings is 1. The van der Waals surface area contributed by atoms with Gasteiger partial charge in [-0.1, -0.05) is 24.3 Å². The van der Waals surface area contributed by atoms with Crippen molar-refractivity contribution in [1.29, 1.82) is 0 Å². The lowest BCUT2D eigenvalue weighted by molar-refractivity contribution is 1.18. The zero-order chi connectivity index (χ0) is 15.7. The van der Waals surface area contributed by atoms with E-state index in [1.165, 1.54) is 39.0 Å². The molecule has 110 valence electrons. The second-order valence-electron chi connectivity index (χ2n) is 6.12. The van der Waals surface area contributed by atoms with Crippen molar-refractivity contribution in [2.24, 2.45) is 4.99 Å². The van der Waals surface area contributed by atoms with E-state index in [0.717, 1.165) is 17.8 Å². The van der Waals surface area contributed by atoms with E-state index in [1.54, 1.807) is 0 Å². The van der Waals surface area contributed by atoms with E-state index in [4.69, 9.17) is 0 Å². The first kappa shape index (κ1) is 15.5. The lowest BCUT2D eigenvalue weighted by atomic mass is 9.90. The Labute approximate surface area is 128 Å². The lowest BCUT2D eigenvalue weighted by Gasteiger charge is -2.14. The standard InChI is InChI=1S/C20H25N/c1-12(2)15(5)16(6)19-10-18(9-8-13(19)3)20-14(4)11-21-17(20)7/h8-10H,1,11H2,2-7H3/b16-15-. The summed E-state index contributed by atoms with van der Waals surface area (Å²) >= 11 is 0.